The second-order valence-corrected chi connectivity index (χ2v) is 8.41. The Hall–Kier alpha value is -1.27. The van der Waals surface area contributed by atoms with Gasteiger partial charge in [0.25, 0.3) is 0 Å². The average Bonchev–Trinajstić information content (AvgIpc) is 2.23. The van der Waals surface area contributed by atoms with Gasteiger partial charge in [-0.15, -0.1) is 0 Å². The zero-order valence-electron chi connectivity index (χ0n) is 12.6. The van der Waals surface area contributed by atoms with E-state index in [9.17, 15) is 8.42 Å². The fraction of sp³-hybridized carbons (Fsp3) is 0.571. The number of rotatable bonds is 2. The van der Waals surface area contributed by atoms with Gasteiger partial charge in [-0.25, -0.2) is 13.1 Å². The molecule has 2 N–H and O–H groups in total. The Morgan fingerprint density at radius 2 is 1.95 bits per heavy atom. The van der Waals surface area contributed by atoms with Gasteiger partial charge in [0.1, 0.15) is 11.4 Å². The zero-order chi connectivity index (χ0) is 15.2. The molecule has 0 saturated heterocycles. The van der Waals surface area contributed by atoms with Gasteiger partial charge in [-0.05, 0) is 52.8 Å². The molecular formula is C14H22N2O3S. The maximum absolute atomic E-state index is 12.3. The average molecular weight is 298 g/mol. The SMILES string of the molecule is CC(C)(C)NS(=O)(=O)c1ccc2c(c1)NCC(C)(C)O2. The van der Waals surface area contributed by atoms with E-state index in [0.717, 1.165) is 0 Å². The number of anilines is 1. The second kappa shape index (κ2) is 4.63. The Labute approximate surface area is 120 Å². The van der Waals surface area contributed by atoms with Gasteiger partial charge in [0.2, 0.25) is 10.0 Å². The first-order chi connectivity index (χ1) is 8.99. The molecule has 1 aliphatic rings. The van der Waals surface area contributed by atoms with Gasteiger partial charge in [-0.2, -0.15) is 0 Å². The lowest BCUT2D eigenvalue weighted by molar-refractivity contribution is 0.116. The molecule has 1 heterocycles. The van der Waals surface area contributed by atoms with Crippen LogP contribution in [0.2, 0.25) is 0 Å². The molecule has 0 spiro atoms. The van der Waals surface area contributed by atoms with E-state index in [1.165, 1.54) is 0 Å². The predicted molar refractivity (Wildman–Crippen MR) is 79.7 cm³/mol. The molecule has 6 heteroatoms. The fourth-order valence-corrected chi connectivity index (χ4v) is 3.45. The molecule has 1 aliphatic heterocycles. The number of nitrogens with one attached hydrogen (secondary N) is 2. The molecule has 1 aromatic carbocycles. The Balaban J connectivity index is 2.33. The van der Waals surface area contributed by atoms with Gasteiger partial charge in [0.15, 0.2) is 0 Å². The summed E-state index contributed by atoms with van der Waals surface area (Å²) in [4.78, 5) is 0.238. The number of hydrogen-bond donors (Lipinski definition) is 2. The van der Waals surface area contributed by atoms with Crippen molar-refractivity contribution in [2.24, 2.45) is 0 Å². The van der Waals surface area contributed by atoms with Crippen LogP contribution in [0.15, 0.2) is 23.1 Å². The number of fused-ring (bicyclic) bond motifs is 1. The Kier molecular flexibility index (Phi) is 3.50. The molecule has 0 atom stereocenters. The van der Waals surface area contributed by atoms with E-state index in [1.807, 2.05) is 34.6 Å². The van der Waals surface area contributed by atoms with Crippen molar-refractivity contribution in [3.63, 3.8) is 0 Å². The molecule has 2 rings (SSSR count). The minimum absolute atomic E-state index is 0.238. The van der Waals surface area contributed by atoms with Crippen LogP contribution in [0.1, 0.15) is 34.6 Å². The number of sulfonamides is 1. The van der Waals surface area contributed by atoms with Crippen molar-refractivity contribution >= 4 is 15.7 Å². The molecule has 0 radical (unpaired) electrons. The fourth-order valence-electron chi connectivity index (χ4n) is 2.01. The summed E-state index contributed by atoms with van der Waals surface area (Å²) in [5.41, 5.74) is -0.0985. The van der Waals surface area contributed by atoms with Gasteiger partial charge in [-0.3, -0.25) is 0 Å². The summed E-state index contributed by atoms with van der Waals surface area (Å²) < 4.78 is 33.0. The van der Waals surface area contributed by atoms with E-state index in [-0.39, 0.29) is 10.5 Å². The Bertz CT molecular complexity index is 616. The maximum atomic E-state index is 12.3. The number of hydrogen-bond acceptors (Lipinski definition) is 4. The number of benzene rings is 1. The van der Waals surface area contributed by atoms with Crippen LogP contribution in [0.5, 0.6) is 5.75 Å². The van der Waals surface area contributed by atoms with Crippen molar-refractivity contribution in [2.75, 3.05) is 11.9 Å². The molecule has 5 nitrogen and oxygen atoms in total. The first kappa shape index (κ1) is 15.1. The first-order valence-corrected chi connectivity index (χ1v) is 8.08. The highest BCUT2D eigenvalue weighted by atomic mass is 32.2. The predicted octanol–water partition coefficient (Wildman–Crippen LogP) is 2.35. The number of ether oxygens (including phenoxy) is 1. The van der Waals surface area contributed by atoms with E-state index < -0.39 is 15.6 Å². The summed E-state index contributed by atoms with van der Waals surface area (Å²) in [6.07, 6.45) is 0. The van der Waals surface area contributed by atoms with Crippen molar-refractivity contribution in [1.29, 1.82) is 0 Å². The lowest BCUT2D eigenvalue weighted by atomic mass is 10.1. The Morgan fingerprint density at radius 1 is 1.30 bits per heavy atom. The minimum atomic E-state index is -3.53. The van der Waals surface area contributed by atoms with E-state index in [0.29, 0.717) is 18.0 Å². The summed E-state index contributed by atoms with van der Waals surface area (Å²) in [6.45, 7) is 10.0. The van der Waals surface area contributed by atoms with Crippen molar-refractivity contribution in [3.05, 3.63) is 18.2 Å². The van der Waals surface area contributed by atoms with E-state index >= 15 is 0 Å². The lowest BCUT2D eigenvalue weighted by Crippen LogP contribution is -2.41. The topological polar surface area (TPSA) is 67.4 Å². The van der Waals surface area contributed by atoms with Crippen LogP contribution in [0.4, 0.5) is 5.69 Å². The van der Waals surface area contributed by atoms with Crippen LogP contribution >= 0.6 is 0 Å². The lowest BCUT2D eigenvalue weighted by Gasteiger charge is -2.33. The molecule has 0 amide bonds. The van der Waals surface area contributed by atoms with E-state index in [4.69, 9.17) is 4.74 Å². The molecule has 20 heavy (non-hydrogen) atoms. The summed E-state index contributed by atoms with van der Waals surface area (Å²) >= 11 is 0. The van der Waals surface area contributed by atoms with Crippen molar-refractivity contribution in [3.8, 4) is 5.75 Å². The maximum Gasteiger partial charge on any atom is 0.241 e. The van der Waals surface area contributed by atoms with Gasteiger partial charge >= 0.3 is 0 Å². The third-order valence-corrected chi connectivity index (χ3v) is 4.55. The quantitative estimate of drug-likeness (QED) is 0.879. The zero-order valence-corrected chi connectivity index (χ0v) is 13.4. The normalized spacial score (nSPS) is 17.9. The standard InChI is InChI=1S/C14H22N2O3S/c1-13(2,3)16-20(17,18)10-6-7-12-11(8-10)15-9-14(4,5)19-12/h6-8,15-16H,9H2,1-5H3. The van der Waals surface area contributed by atoms with Crippen LogP contribution < -0.4 is 14.8 Å². The highest BCUT2D eigenvalue weighted by molar-refractivity contribution is 7.89. The summed E-state index contributed by atoms with van der Waals surface area (Å²) in [5.74, 6) is 0.677. The van der Waals surface area contributed by atoms with Crippen LogP contribution in [0, 0.1) is 0 Å². The molecule has 0 aliphatic carbocycles. The van der Waals surface area contributed by atoms with Crippen LogP contribution in [-0.4, -0.2) is 26.1 Å². The van der Waals surface area contributed by atoms with Gasteiger partial charge in [0, 0.05) is 5.54 Å². The summed E-state index contributed by atoms with van der Waals surface area (Å²) in [7, 11) is -3.53. The molecule has 112 valence electrons. The highest BCUT2D eigenvalue weighted by Crippen LogP contribution is 2.34. The van der Waals surface area contributed by atoms with Crippen molar-refractivity contribution < 1.29 is 13.2 Å². The summed E-state index contributed by atoms with van der Waals surface area (Å²) in [6, 6.07) is 4.87. The largest absolute Gasteiger partial charge is 0.484 e. The van der Waals surface area contributed by atoms with Gasteiger partial charge < -0.3 is 10.1 Å². The van der Waals surface area contributed by atoms with Crippen molar-refractivity contribution in [1.82, 2.24) is 4.72 Å². The molecule has 0 fully saturated rings. The van der Waals surface area contributed by atoms with Crippen LogP contribution in [0.3, 0.4) is 0 Å². The van der Waals surface area contributed by atoms with E-state index in [2.05, 4.69) is 10.0 Å². The van der Waals surface area contributed by atoms with Crippen LogP contribution in [-0.2, 0) is 10.0 Å². The molecule has 0 saturated carbocycles. The third-order valence-electron chi connectivity index (χ3n) is 2.79. The third kappa shape index (κ3) is 3.43. The Morgan fingerprint density at radius 3 is 2.55 bits per heavy atom. The monoisotopic (exact) mass is 298 g/mol. The van der Waals surface area contributed by atoms with E-state index in [1.54, 1.807) is 18.2 Å². The second-order valence-electron chi connectivity index (χ2n) is 6.73. The van der Waals surface area contributed by atoms with Gasteiger partial charge in [-0.1, -0.05) is 0 Å². The molecule has 0 unspecified atom stereocenters. The smallest absolute Gasteiger partial charge is 0.241 e. The molecule has 1 aromatic rings. The molecular weight excluding hydrogens is 276 g/mol. The molecule has 0 bridgehead atoms. The van der Waals surface area contributed by atoms with Crippen molar-refractivity contribution in [2.45, 2.75) is 50.7 Å². The minimum Gasteiger partial charge on any atom is -0.484 e. The molecule has 0 aromatic heterocycles. The summed E-state index contributed by atoms with van der Waals surface area (Å²) in [5, 5.41) is 3.21. The highest BCUT2D eigenvalue weighted by Gasteiger charge is 2.28. The van der Waals surface area contributed by atoms with Gasteiger partial charge in [0.05, 0.1) is 17.1 Å². The first-order valence-electron chi connectivity index (χ1n) is 6.59. The van der Waals surface area contributed by atoms with Crippen LogP contribution in [0.25, 0.3) is 0 Å².